The van der Waals surface area contributed by atoms with Crippen LogP contribution in [0.4, 0.5) is 0 Å². The highest BCUT2D eigenvalue weighted by Gasteiger charge is 2.14. The van der Waals surface area contributed by atoms with Gasteiger partial charge in [-0.15, -0.1) is 16.4 Å². The van der Waals surface area contributed by atoms with Gasteiger partial charge in [0.1, 0.15) is 0 Å². The standard InChI is InChI=1S/C11H15N5OS/c1-8(10-3-2-6-18-10)13-11(17)9-7-16(5-4-12)15-14-9/h2-3,6-8H,4-5,12H2,1H3,(H,13,17)/t8-/m1/s1. The molecule has 0 radical (unpaired) electrons. The van der Waals surface area contributed by atoms with Crippen LogP contribution < -0.4 is 11.1 Å². The number of nitrogens with one attached hydrogen (secondary N) is 1. The van der Waals surface area contributed by atoms with E-state index in [0.717, 1.165) is 4.88 Å². The van der Waals surface area contributed by atoms with E-state index >= 15 is 0 Å². The molecular weight excluding hydrogens is 250 g/mol. The zero-order valence-electron chi connectivity index (χ0n) is 10.0. The summed E-state index contributed by atoms with van der Waals surface area (Å²) in [7, 11) is 0. The van der Waals surface area contributed by atoms with E-state index in [1.807, 2.05) is 24.4 Å². The molecule has 0 aliphatic carbocycles. The smallest absolute Gasteiger partial charge is 0.273 e. The lowest BCUT2D eigenvalue weighted by atomic mass is 10.2. The maximum atomic E-state index is 11.9. The molecule has 6 nitrogen and oxygen atoms in total. The number of nitrogens with two attached hydrogens (primary N) is 1. The van der Waals surface area contributed by atoms with Gasteiger partial charge in [-0.25, -0.2) is 0 Å². The fraction of sp³-hybridized carbons (Fsp3) is 0.364. The molecule has 0 fully saturated rings. The van der Waals surface area contributed by atoms with Crippen molar-refractivity contribution in [3.63, 3.8) is 0 Å². The zero-order chi connectivity index (χ0) is 13.0. The van der Waals surface area contributed by atoms with E-state index in [-0.39, 0.29) is 11.9 Å². The van der Waals surface area contributed by atoms with Gasteiger partial charge in [-0.1, -0.05) is 11.3 Å². The van der Waals surface area contributed by atoms with E-state index < -0.39 is 0 Å². The summed E-state index contributed by atoms with van der Waals surface area (Å²) >= 11 is 1.61. The van der Waals surface area contributed by atoms with Crippen molar-refractivity contribution in [2.75, 3.05) is 6.54 Å². The van der Waals surface area contributed by atoms with Crippen LogP contribution in [0.3, 0.4) is 0 Å². The molecule has 0 saturated carbocycles. The first-order valence-electron chi connectivity index (χ1n) is 5.65. The maximum Gasteiger partial charge on any atom is 0.273 e. The summed E-state index contributed by atoms with van der Waals surface area (Å²) in [5, 5.41) is 12.5. The van der Waals surface area contributed by atoms with Crippen molar-refractivity contribution >= 4 is 17.2 Å². The molecule has 0 aliphatic heterocycles. The van der Waals surface area contributed by atoms with Crippen LogP contribution in [0, 0.1) is 0 Å². The first kappa shape index (κ1) is 12.7. The normalized spacial score (nSPS) is 12.3. The van der Waals surface area contributed by atoms with Crippen molar-refractivity contribution in [2.24, 2.45) is 5.73 Å². The maximum absolute atomic E-state index is 11.9. The molecule has 2 aromatic heterocycles. The Morgan fingerprint density at radius 1 is 1.67 bits per heavy atom. The molecule has 2 heterocycles. The van der Waals surface area contributed by atoms with Crippen molar-refractivity contribution in [1.29, 1.82) is 0 Å². The second-order valence-corrected chi connectivity index (χ2v) is 4.85. The van der Waals surface area contributed by atoms with Gasteiger partial charge in [-0.3, -0.25) is 9.48 Å². The number of hydrogen-bond donors (Lipinski definition) is 2. The number of hydrogen-bond acceptors (Lipinski definition) is 5. The summed E-state index contributed by atoms with van der Waals surface area (Å²) in [6.07, 6.45) is 1.60. The Morgan fingerprint density at radius 2 is 2.50 bits per heavy atom. The van der Waals surface area contributed by atoms with Gasteiger partial charge in [0.25, 0.3) is 5.91 Å². The summed E-state index contributed by atoms with van der Waals surface area (Å²) in [6, 6.07) is 3.92. The van der Waals surface area contributed by atoms with E-state index in [2.05, 4.69) is 15.6 Å². The Morgan fingerprint density at radius 3 is 3.17 bits per heavy atom. The lowest BCUT2D eigenvalue weighted by Gasteiger charge is -2.10. The second kappa shape index (κ2) is 5.74. The molecule has 0 aliphatic rings. The minimum atomic E-state index is -0.223. The van der Waals surface area contributed by atoms with Crippen LogP contribution >= 0.6 is 11.3 Å². The zero-order valence-corrected chi connectivity index (χ0v) is 10.9. The quantitative estimate of drug-likeness (QED) is 0.837. The van der Waals surface area contributed by atoms with Crippen molar-refractivity contribution in [3.8, 4) is 0 Å². The van der Waals surface area contributed by atoms with E-state index in [0.29, 0.717) is 18.8 Å². The van der Waals surface area contributed by atoms with Gasteiger partial charge in [0.05, 0.1) is 18.8 Å². The van der Waals surface area contributed by atoms with Crippen LogP contribution in [0.25, 0.3) is 0 Å². The summed E-state index contributed by atoms with van der Waals surface area (Å²) in [5.74, 6) is -0.223. The number of aromatic nitrogens is 3. The number of rotatable bonds is 5. The highest BCUT2D eigenvalue weighted by atomic mass is 32.1. The number of nitrogens with zero attached hydrogens (tertiary/aromatic N) is 3. The molecule has 0 unspecified atom stereocenters. The molecule has 2 rings (SSSR count). The molecule has 7 heteroatoms. The van der Waals surface area contributed by atoms with Crippen molar-refractivity contribution in [3.05, 3.63) is 34.3 Å². The van der Waals surface area contributed by atoms with Gasteiger partial charge in [-0.05, 0) is 18.4 Å². The van der Waals surface area contributed by atoms with E-state index in [1.54, 1.807) is 22.2 Å². The van der Waals surface area contributed by atoms with Crippen LogP contribution in [0.1, 0.15) is 28.3 Å². The number of thiophene rings is 1. The summed E-state index contributed by atoms with van der Waals surface area (Å²) in [4.78, 5) is 13.0. The molecule has 18 heavy (non-hydrogen) atoms. The third-order valence-corrected chi connectivity index (χ3v) is 3.50. The SMILES string of the molecule is C[C@@H](NC(=O)c1cn(CCN)nn1)c1cccs1. The molecular formula is C11H15N5OS. The highest BCUT2D eigenvalue weighted by Crippen LogP contribution is 2.18. The summed E-state index contributed by atoms with van der Waals surface area (Å²) in [5.41, 5.74) is 5.71. The predicted molar refractivity (Wildman–Crippen MR) is 69.3 cm³/mol. The fourth-order valence-corrected chi connectivity index (χ4v) is 2.26. The summed E-state index contributed by atoms with van der Waals surface area (Å²) < 4.78 is 1.56. The van der Waals surface area contributed by atoms with Crippen molar-refractivity contribution in [2.45, 2.75) is 19.5 Å². The molecule has 0 aromatic carbocycles. The Kier molecular flexibility index (Phi) is 4.06. The third kappa shape index (κ3) is 2.93. The number of amides is 1. The van der Waals surface area contributed by atoms with Crippen LogP contribution in [-0.2, 0) is 6.54 Å². The van der Waals surface area contributed by atoms with Gasteiger partial charge < -0.3 is 11.1 Å². The molecule has 1 atom stereocenters. The average molecular weight is 265 g/mol. The third-order valence-electron chi connectivity index (χ3n) is 2.45. The summed E-state index contributed by atoms with van der Waals surface area (Å²) in [6.45, 7) is 2.96. The first-order valence-corrected chi connectivity index (χ1v) is 6.53. The Balaban J connectivity index is 1.98. The lowest BCUT2D eigenvalue weighted by molar-refractivity contribution is 0.0935. The molecule has 1 amide bonds. The van der Waals surface area contributed by atoms with E-state index in [4.69, 9.17) is 5.73 Å². The molecule has 96 valence electrons. The molecule has 0 saturated heterocycles. The number of carbonyl (C=O) groups excluding carboxylic acids is 1. The van der Waals surface area contributed by atoms with Gasteiger partial charge in [-0.2, -0.15) is 0 Å². The van der Waals surface area contributed by atoms with Gasteiger partial charge >= 0.3 is 0 Å². The van der Waals surface area contributed by atoms with Crippen LogP contribution in [0.5, 0.6) is 0 Å². The largest absolute Gasteiger partial charge is 0.343 e. The van der Waals surface area contributed by atoms with Crippen molar-refractivity contribution < 1.29 is 4.79 Å². The lowest BCUT2D eigenvalue weighted by Crippen LogP contribution is -2.26. The molecule has 0 spiro atoms. The number of carbonyl (C=O) groups is 1. The fourth-order valence-electron chi connectivity index (χ4n) is 1.52. The van der Waals surface area contributed by atoms with Crippen LogP contribution in [0.15, 0.2) is 23.7 Å². The molecule has 2 aromatic rings. The van der Waals surface area contributed by atoms with E-state index in [1.165, 1.54) is 0 Å². The Bertz CT molecular complexity index is 507. The molecule has 0 bridgehead atoms. The predicted octanol–water partition coefficient (Wildman–Crippen LogP) is 0.789. The monoisotopic (exact) mass is 265 g/mol. The minimum absolute atomic E-state index is 0.0304. The van der Waals surface area contributed by atoms with Gasteiger partial charge in [0, 0.05) is 11.4 Å². The Hall–Kier alpha value is -1.73. The minimum Gasteiger partial charge on any atom is -0.343 e. The second-order valence-electron chi connectivity index (χ2n) is 3.87. The van der Waals surface area contributed by atoms with Gasteiger partial charge in [0.2, 0.25) is 0 Å². The topological polar surface area (TPSA) is 85.8 Å². The highest BCUT2D eigenvalue weighted by molar-refractivity contribution is 7.10. The average Bonchev–Trinajstić information content (AvgIpc) is 3.00. The van der Waals surface area contributed by atoms with Gasteiger partial charge in [0.15, 0.2) is 5.69 Å². The Labute approximate surface area is 109 Å². The first-order chi connectivity index (χ1) is 8.70. The molecule has 3 N–H and O–H groups in total. The van der Waals surface area contributed by atoms with Crippen molar-refractivity contribution in [1.82, 2.24) is 20.3 Å². The van der Waals surface area contributed by atoms with E-state index in [9.17, 15) is 4.79 Å². The van der Waals surface area contributed by atoms with Crippen LogP contribution in [0.2, 0.25) is 0 Å². The van der Waals surface area contributed by atoms with Crippen LogP contribution in [-0.4, -0.2) is 27.4 Å².